The van der Waals surface area contributed by atoms with Crippen molar-refractivity contribution in [2.24, 2.45) is 0 Å². The second kappa shape index (κ2) is 8.17. The highest BCUT2D eigenvalue weighted by atomic mass is 35.5. The van der Waals surface area contributed by atoms with E-state index in [1.807, 2.05) is 35.8 Å². The Labute approximate surface area is 179 Å². The van der Waals surface area contributed by atoms with Gasteiger partial charge in [0.15, 0.2) is 5.16 Å². The molecule has 0 fully saturated rings. The van der Waals surface area contributed by atoms with Crippen LogP contribution in [-0.4, -0.2) is 30.8 Å². The molecule has 0 atom stereocenters. The molecule has 1 N–H and O–H groups in total. The Morgan fingerprint density at radius 1 is 1.31 bits per heavy atom. The number of halogens is 1. The number of thioether (sulfide) groups is 1. The molecule has 0 aliphatic heterocycles. The molecule has 0 aliphatic rings. The van der Waals surface area contributed by atoms with Crippen LogP contribution in [0.25, 0.3) is 16.0 Å². The van der Waals surface area contributed by atoms with Crippen molar-refractivity contribution in [1.29, 1.82) is 0 Å². The normalized spacial score (nSPS) is 11.4. The van der Waals surface area contributed by atoms with Crippen LogP contribution in [0.5, 0.6) is 0 Å². The van der Waals surface area contributed by atoms with Gasteiger partial charge in [-0.25, -0.2) is 0 Å². The average Bonchev–Trinajstić information content (AvgIpc) is 3.33. The van der Waals surface area contributed by atoms with Crippen LogP contribution >= 0.6 is 34.7 Å². The van der Waals surface area contributed by atoms with Gasteiger partial charge in [0.2, 0.25) is 11.7 Å². The van der Waals surface area contributed by atoms with Crippen LogP contribution in [0.3, 0.4) is 0 Å². The maximum absolute atomic E-state index is 12.7. The SMILES string of the molecule is CCCn1c(=O)c2sccc2n2c(SCC(=O)Nc3cc(Cl)ccc3C)nnc12. The number of thiophene rings is 1. The summed E-state index contributed by atoms with van der Waals surface area (Å²) in [6.07, 6.45) is 0.809. The van der Waals surface area contributed by atoms with Crippen LogP contribution in [0.15, 0.2) is 39.6 Å². The summed E-state index contributed by atoms with van der Waals surface area (Å²) in [5.41, 5.74) is 2.33. The number of rotatable bonds is 6. The summed E-state index contributed by atoms with van der Waals surface area (Å²) in [6, 6.07) is 7.25. The maximum Gasteiger partial charge on any atom is 0.272 e. The molecule has 0 spiro atoms. The molecule has 0 aliphatic carbocycles. The minimum atomic E-state index is -0.166. The molecule has 10 heteroatoms. The van der Waals surface area contributed by atoms with Gasteiger partial charge in [-0.2, -0.15) is 0 Å². The van der Waals surface area contributed by atoms with Gasteiger partial charge in [-0.05, 0) is 42.5 Å². The molecule has 150 valence electrons. The Bertz CT molecular complexity index is 1280. The Hall–Kier alpha value is -2.36. The van der Waals surface area contributed by atoms with E-state index in [2.05, 4.69) is 15.5 Å². The molecule has 3 heterocycles. The van der Waals surface area contributed by atoms with E-state index in [4.69, 9.17) is 11.6 Å². The monoisotopic (exact) mass is 447 g/mol. The summed E-state index contributed by atoms with van der Waals surface area (Å²) < 4.78 is 4.16. The van der Waals surface area contributed by atoms with Crippen LogP contribution < -0.4 is 10.9 Å². The summed E-state index contributed by atoms with van der Waals surface area (Å²) in [4.78, 5) is 25.2. The molecule has 1 amide bonds. The van der Waals surface area contributed by atoms with Gasteiger partial charge in [0, 0.05) is 17.3 Å². The third-order valence-corrected chi connectivity index (χ3v) is 6.49. The lowest BCUT2D eigenvalue weighted by molar-refractivity contribution is -0.113. The van der Waals surface area contributed by atoms with Gasteiger partial charge in [-0.15, -0.1) is 21.5 Å². The minimum Gasteiger partial charge on any atom is -0.325 e. The lowest BCUT2D eigenvalue weighted by Crippen LogP contribution is -2.22. The fourth-order valence-corrected chi connectivity index (χ4v) is 4.80. The van der Waals surface area contributed by atoms with E-state index in [9.17, 15) is 9.59 Å². The van der Waals surface area contributed by atoms with E-state index in [1.54, 1.807) is 16.7 Å². The number of nitrogens with zero attached hydrogens (tertiary/aromatic N) is 4. The van der Waals surface area contributed by atoms with Gasteiger partial charge >= 0.3 is 0 Å². The van der Waals surface area contributed by atoms with Crippen molar-refractivity contribution in [2.45, 2.75) is 32.0 Å². The molecule has 1 aromatic carbocycles. The number of aromatic nitrogens is 4. The first-order valence-corrected chi connectivity index (χ1v) is 11.3. The third kappa shape index (κ3) is 3.77. The highest BCUT2D eigenvalue weighted by Crippen LogP contribution is 2.25. The number of fused-ring (bicyclic) bond motifs is 3. The highest BCUT2D eigenvalue weighted by Gasteiger charge is 2.18. The molecular weight excluding hydrogens is 430 g/mol. The zero-order valence-corrected chi connectivity index (χ0v) is 18.2. The van der Waals surface area contributed by atoms with Crippen molar-refractivity contribution in [2.75, 3.05) is 11.1 Å². The Kier molecular flexibility index (Phi) is 5.62. The number of carbonyl (C=O) groups is 1. The molecule has 7 nitrogen and oxygen atoms in total. The van der Waals surface area contributed by atoms with Crippen molar-refractivity contribution in [1.82, 2.24) is 19.2 Å². The third-order valence-electron chi connectivity index (χ3n) is 4.44. The molecule has 29 heavy (non-hydrogen) atoms. The van der Waals surface area contributed by atoms with E-state index < -0.39 is 0 Å². The number of hydrogen-bond acceptors (Lipinski definition) is 6. The number of anilines is 1. The van der Waals surface area contributed by atoms with Gasteiger partial charge in [0.25, 0.3) is 5.56 Å². The van der Waals surface area contributed by atoms with Crippen LogP contribution in [0.4, 0.5) is 5.69 Å². The fraction of sp³-hybridized carbons (Fsp3) is 0.263. The quantitative estimate of drug-likeness (QED) is 0.448. The molecule has 4 aromatic rings. The van der Waals surface area contributed by atoms with Crippen molar-refractivity contribution >= 4 is 62.3 Å². The number of nitrogens with one attached hydrogen (secondary N) is 1. The summed E-state index contributed by atoms with van der Waals surface area (Å²) in [7, 11) is 0. The van der Waals surface area contributed by atoms with Gasteiger partial charge in [-0.1, -0.05) is 36.4 Å². The van der Waals surface area contributed by atoms with E-state index in [1.165, 1.54) is 23.1 Å². The van der Waals surface area contributed by atoms with E-state index in [-0.39, 0.29) is 17.2 Å². The zero-order chi connectivity index (χ0) is 20.5. The zero-order valence-electron chi connectivity index (χ0n) is 15.8. The lowest BCUT2D eigenvalue weighted by atomic mass is 10.2. The van der Waals surface area contributed by atoms with Crippen molar-refractivity contribution in [3.05, 3.63) is 50.6 Å². The topological polar surface area (TPSA) is 81.3 Å². The first-order valence-electron chi connectivity index (χ1n) is 9.03. The second-order valence-corrected chi connectivity index (χ2v) is 8.80. The molecule has 4 rings (SSSR count). The van der Waals surface area contributed by atoms with Crippen LogP contribution in [0, 0.1) is 6.92 Å². The number of amides is 1. The fourth-order valence-electron chi connectivity index (χ4n) is 3.06. The molecule has 0 saturated heterocycles. The van der Waals surface area contributed by atoms with E-state index in [0.29, 0.717) is 32.9 Å². The lowest BCUT2D eigenvalue weighted by Gasteiger charge is -2.09. The summed E-state index contributed by atoms with van der Waals surface area (Å²) in [5, 5.41) is 14.4. The predicted octanol–water partition coefficient (Wildman–Crippen LogP) is 4.21. The summed E-state index contributed by atoms with van der Waals surface area (Å²) in [6.45, 7) is 4.48. The average molecular weight is 448 g/mol. The minimum absolute atomic E-state index is 0.0533. The van der Waals surface area contributed by atoms with Gasteiger partial charge in [-0.3, -0.25) is 18.6 Å². The largest absolute Gasteiger partial charge is 0.325 e. The predicted molar refractivity (Wildman–Crippen MR) is 118 cm³/mol. The van der Waals surface area contributed by atoms with Crippen molar-refractivity contribution < 1.29 is 4.79 Å². The Morgan fingerprint density at radius 2 is 2.14 bits per heavy atom. The molecule has 3 aromatic heterocycles. The molecular formula is C19H18ClN5O2S2. The van der Waals surface area contributed by atoms with Crippen LogP contribution in [-0.2, 0) is 11.3 Å². The number of carbonyl (C=O) groups excluding carboxylic acids is 1. The Morgan fingerprint density at radius 3 is 2.93 bits per heavy atom. The molecule has 0 saturated carbocycles. The van der Waals surface area contributed by atoms with Gasteiger partial charge in [0.05, 0.1) is 11.3 Å². The maximum atomic E-state index is 12.7. The summed E-state index contributed by atoms with van der Waals surface area (Å²) >= 11 is 8.69. The van der Waals surface area contributed by atoms with Crippen LogP contribution in [0.1, 0.15) is 18.9 Å². The Balaban J connectivity index is 1.63. The number of benzene rings is 1. The van der Waals surface area contributed by atoms with E-state index >= 15 is 0 Å². The van der Waals surface area contributed by atoms with Crippen molar-refractivity contribution in [3.8, 4) is 0 Å². The smallest absolute Gasteiger partial charge is 0.272 e. The molecule has 0 radical (unpaired) electrons. The molecule has 0 unspecified atom stereocenters. The van der Waals surface area contributed by atoms with Crippen LogP contribution in [0.2, 0.25) is 5.02 Å². The standard InChI is InChI=1S/C19H18ClN5O2S2/c1-3-7-24-17(27)16-14(6-8-28-16)25-18(24)22-23-19(25)29-10-15(26)21-13-9-12(20)5-4-11(13)2/h4-6,8-9H,3,7,10H2,1-2H3,(H,21,26). The first-order chi connectivity index (χ1) is 14.0. The van der Waals surface area contributed by atoms with Gasteiger partial charge < -0.3 is 5.32 Å². The molecule has 0 bridgehead atoms. The van der Waals surface area contributed by atoms with Gasteiger partial charge in [0.1, 0.15) is 4.70 Å². The summed E-state index contributed by atoms with van der Waals surface area (Å²) in [5.74, 6) is 0.488. The van der Waals surface area contributed by atoms with Crippen molar-refractivity contribution in [3.63, 3.8) is 0 Å². The van der Waals surface area contributed by atoms with E-state index in [0.717, 1.165) is 17.5 Å². The second-order valence-electron chi connectivity index (χ2n) is 6.51. The number of aryl methyl sites for hydroxylation is 2. The highest BCUT2D eigenvalue weighted by molar-refractivity contribution is 7.99. The number of hydrogen-bond donors (Lipinski definition) is 1. The first kappa shape index (κ1) is 19.9.